The Morgan fingerprint density at radius 3 is 3.00 bits per heavy atom. The molecule has 5 rings (SSSR count). The van der Waals surface area contributed by atoms with E-state index in [2.05, 4.69) is 41.3 Å². The number of Topliss-reactive ketones (excluding diaryl/α,β-unsaturated/α-hetero) is 1. The van der Waals surface area contributed by atoms with Crippen molar-refractivity contribution in [1.29, 1.82) is 0 Å². The number of allylic oxidation sites excluding steroid dienone is 2. The Morgan fingerprint density at radius 2 is 2.14 bits per heavy atom. The van der Waals surface area contributed by atoms with Crippen LogP contribution in [0.1, 0.15) is 56.1 Å². The number of carbonyl (C=O) groups excluding carboxylic acids is 1. The Balaban J connectivity index is 1.37. The first-order chi connectivity index (χ1) is 13.6. The molecular weight excluding hydrogens is 348 g/mol. The summed E-state index contributed by atoms with van der Waals surface area (Å²) in [7, 11) is 2.27. The van der Waals surface area contributed by atoms with E-state index in [0.29, 0.717) is 17.9 Å². The number of hydrogen-bond donors (Lipinski definition) is 1. The molecule has 1 saturated heterocycles. The molecular formula is C24H30N2O2. The second kappa shape index (κ2) is 7.07. The van der Waals surface area contributed by atoms with Gasteiger partial charge in [0.25, 0.3) is 0 Å². The number of fused-ring (bicyclic) bond motifs is 2. The summed E-state index contributed by atoms with van der Waals surface area (Å²) in [6, 6.07) is 7.28. The van der Waals surface area contributed by atoms with Crippen LogP contribution in [0, 0.1) is 5.92 Å². The van der Waals surface area contributed by atoms with Gasteiger partial charge in [-0.05, 0) is 63.3 Å². The summed E-state index contributed by atoms with van der Waals surface area (Å²) in [6.45, 7) is 3.48. The first-order valence-corrected chi connectivity index (χ1v) is 10.8. The number of H-pyrrole nitrogens is 1. The number of nitrogens with one attached hydrogen (secondary N) is 1. The highest BCUT2D eigenvalue weighted by Crippen LogP contribution is 2.44. The van der Waals surface area contributed by atoms with Crippen LogP contribution in [0.15, 0.2) is 35.7 Å². The zero-order valence-electron chi connectivity index (χ0n) is 17.0. The number of benzene rings is 1. The molecule has 3 aliphatic rings. The number of nitrogens with zero attached hydrogens (tertiary/aromatic N) is 1. The minimum atomic E-state index is 0.189. The molecule has 0 radical (unpaired) electrons. The first kappa shape index (κ1) is 18.0. The number of carbonyl (C=O) groups is 1. The maximum Gasteiger partial charge on any atom is 0.159 e. The number of aromatic amines is 1. The number of aromatic nitrogens is 1. The van der Waals surface area contributed by atoms with E-state index in [4.69, 9.17) is 4.74 Å². The van der Waals surface area contributed by atoms with E-state index in [1.54, 1.807) is 6.92 Å². The molecule has 0 spiro atoms. The largest absolute Gasteiger partial charge is 0.497 e. The monoisotopic (exact) mass is 378 g/mol. The molecule has 28 heavy (non-hydrogen) atoms. The first-order valence-electron chi connectivity index (χ1n) is 10.8. The smallest absolute Gasteiger partial charge is 0.159 e. The van der Waals surface area contributed by atoms with Crippen LogP contribution in [0.5, 0.6) is 0 Å². The zero-order chi connectivity index (χ0) is 19.3. The van der Waals surface area contributed by atoms with Crippen molar-refractivity contribution < 1.29 is 9.53 Å². The van der Waals surface area contributed by atoms with Gasteiger partial charge in [-0.1, -0.05) is 12.1 Å². The van der Waals surface area contributed by atoms with Crippen LogP contribution < -0.4 is 0 Å². The highest BCUT2D eigenvalue weighted by molar-refractivity contribution is 5.93. The molecule has 0 bridgehead atoms. The molecule has 0 amide bonds. The average Bonchev–Trinajstić information content (AvgIpc) is 3.12. The number of rotatable bonds is 4. The van der Waals surface area contributed by atoms with Gasteiger partial charge in [0.15, 0.2) is 5.78 Å². The van der Waals surface area contributed by atoms with E-state index >= 15 is 0 Å². The lowest BCUT2D eigenvalue weighted by Crippen LogP contribution is -2.48. The zero-order valence-corrected chi connectivity index (χ0v) is 17.0. The second-order valence-electron chi connectivity index (χ2n) is 8.98. The number of likely N-dealkylation sites (tertiary alicyclic amines) is 1. The number of hydrogen-bond acceptors (Lipinski definition) is 3. The maximum absolute atomic E-state index is 11.9. The highest BCUT2D eigenvalue weighted by Gasteiger charge is 2.39. The molecule has 2 aromatic rings. The quantitative estimate of drug-likeness (QED) is 0.848. The Bertz CT molecular complexity index is 941. The fourth-order valence-electron chi connectivity index (χ4n) is 5.80. The van der Waals surface area contributed by atoms with Crippen molar-refractivity contribution in [3.63, 3.8) is 0 Å². The molecule has 148 valence electrons. The van der Waals surface area contributed by atoms with Crippen molar-refractivity contribution in [2.24, 2.45) is 5.92 Å². The number of ketones is 1. The topological polar surface area (TPSA) is 45.3 Å². The Kier molecular flexibility index (Phi) is 4.54. The van der Waals surface area contributed by atoms with E-state index < -0.39 is 0 Å². The lowest BCUT2D eigenvalue weighted by Gasteiger charge is -2.45. The second-order valence-corrected chi connectivity index (χ2v) is 8.98. The minimum absolute atomic E-state index is 0.189. The van der Waals surface area contributed by atoms with E-state index in [1.165, 1.54) is 28.5 Å². The molecule has 3 atom stereocenters. The van der Waals surface area contributed by atoms with Gasteiger partial charge in [-0.2, -0.15) is 0 Å². The predicted molar refractivity (Wildman–Crippen MR) is 111 cm³/mol. The molecule has 1 aliphatic heterocycles. The summed E-state index contributed by atoms with van der Waals surface area (Å²) in [6.07, 6.45) is 8.56. The number of ether oxygens (including phenoxy) is 1. The fourth-order valence-corrected chi connectivity index (χ4v) is 5.80. The average molecular weight is 379 g/mol. The van der Waals surface area contributed by atoms with Gasteiger partial charge in [0.2, 0.25) is 0 Å². The molecule has 4 nitrogen and oxygen atoms in total. The third-order valence-corrected chi connectivity index (χ3v) is 7.15. The van der Waals surface area contributed by atoms with Crippen molar-refractivity contribution in [3.05, 3.63) is 46.9 Å². The fraction of sp³-hybridized carbons (Fsp3) is 0.542. The normalized spacial score (nSPS) is 27.7. The molecule has 1 N–H and O–H groups in total. The third kappa shape index (κ3) is 2.98. The van der Waals surface area contributed by atoms with Crippen LogP contribution in [-0.4, -0.2) is 41.9 Å². The molecule has 0 saturated carbocycles. The van der Waals surface area contributed by atoms with Gasteiger partial charge in [0.05, 0.1) is 6.61 Å². The summed E-state index contributed by atoms with van der Waals surface area (Å²) in [5.74, 6) is 2.23. The summed E-state index contributed by atoms with van der Waals surface area (Å²) in [5, 5.41) is 1.45. The molecule has 4 heteroatoms. The van der Waals surface area contributed by atoms with Gasteiger partial charge in [-0.25, -0.2) is 0 Å². The summed E-state index contributed by atoms with van der Waals surface area (Å²) in [4.78, 5) is 17.9. The van der Waals surface area contributed by atoms with Crippen LogP contribution >= 0.6 is 0 Å². The van der Waals surface area contributed by atoms with Crippen LogP contribution in [0.2, 0.25) is 0 Å². The lowest BCUT2D eigenvalue weighted by atomic mass is 9.72. The molecule has 2 unspecified atom stereocenters. The SMILES string of the molecule is CC(=O)C1=C(OCC2CC3c4cccc5[nH]cc(c45)C[C@H]3N(C)C2)CCCC1. The standard InChI is InChI=1S/C24H30N2O2/c1-15(27)18-6-3-4-9-23(18)28-14-16-10-20-19-7-5-8-21-24(19)17(12-25-21)11-22(20)26(2)13-16/h5,7-8,12,16,20,22,25H,3-4,6,9-11,13-14H2,1-2H3/t16?,20?,22-/m1/s1. The van der Waals surface area contributed by atoms with Crippen LogP contribution in [-0.2, 0) is 16.0 Å². The van der Waals surface area contributed by atoms with Crippen molar-refractivity contribution >= 4 is 16.7 Å². The minimum Gasteiger partial charge on any atom is -0.497 e. The molecule has 1 aromatic heterocycles. The third-order valence-electron chi connectivity index (χ3n) is 7.15. The van der Waals surface area contributed by atoms with E-state index in [9.17, 15) is 4.79 Å². The summed E-state index contributed by atoms with van der Waals surface area (Å²) in [5.41, 5.74) is 5.17. The van der Waals surface area contributed by atoms with Crippen molar-refractivity contribution in [2.75, 3.05) is 20.2 Å². The molecule has 1 fully saturated rings. The van der Waals surface area contributed by atoms with E-state index in [1.807, 2.05) is 0 Å². The molecule has 2 heterocycles. The Labute approximate surface area is 166 Å². The number of likely N-dealkylation sites (N-methyl/N-ethyl adjacent to an activating group) is 1. The van der Waals surface area contributed by atoms with Gasteiger partial charge in [0, 0.05) is 53.5 Å². The maximum atomic E-state index is 11.9. The van der Waals surface area contributed by atoms with Crippen molar-refractivity contribution in [3.8, 4) is 0 Å². The lowest BCUT2D eigenvalue weighted by molar-refractivity contribution is -0.114. The van der Waals surface area contributed by atoms with Gasteiger partial charge in [-0.3, -0.25) is 4.79 Å². The molecule has 2 aliphatic carbocycles. The van der Waals surface area contributed by atoms with Gasteiger partial charge < -0.3 is 14.6 Å². The molecule has 1 aromatic carbocycles. The summed E-state index contributed by atoms with van der Waals surface area (Å²) >= 11 is 0. The van der Waals surface area contributed by atoms with Gasteiger partial charge in [0.1, 0.15) is 5.76 Å². The van der Waals surface area contributed by atoms with Crippen LogP contribution in [0.4, 0.5) is 0 Å². The predicted octanol–water partition coefficient (Wildman–Crippen LogP) is 4.56. The van der Waals surface area contributed by atoms with Crippen molar-refractivity contribution in [2.45, 2.75) is 57.4 Å². The van der Waals surface area contributed by atoms with E-state index in [-0.39, 0.29) is 5.78 Å². The van der Waals surface area contributed by atoms with Crippen LogP contribution in [0.3, 0.4) is 0 Å². The van der Waals surface area contributed by atoms with Crippen molar-refractivity contribution in [1.82, 2.24) is 9.88 Å². The Morgan fingerprint density at radius 1 is 1.29 bits per heavy atom. The van der Waals surface area contributed by atoms with Gasteiger partial charge >= 0.3 is 0 Å². The Hall–Kier alpha value is -2.07. The van der Waals surface area contributed by atoms with Gasteiger partial charge in [-0.15, -0.1) is 0 Å². The van der Waals surface area contributed by atoms with Crippen LogP contribution in [0.25, 0.3) is 10.9 Å². The summed E-state index contributed by atoms with van der Waals surface area (Å²) < 4.78 is 6.28. The number of piperidine rings is 1. The van der Waals surface area contributed by atoms with E-state index in [0.717, 1.165) is 56.6 Å². The highest BCUT2D eigenvalue weighted by atomic mass is 16.5.